The second-order valence-electron chi connectivity index (χ2n) is 7.01. The van der Waals surface area contributed by atoms with Gasteiger partial charge in [0, 0.05) is 11.3 Å². The van der Waals surface area contributed by atoms with E-state index in [1.54, 1.807) is 11.8 Å². The molecule has 4 aromatic rings. The standard InChI is InChI=1S/C24H23N3S/c1-17-9-8-13-20(15-17)23-25-26-24(27(23)22-14-7-5-11-19(22)3)28-16-21-12-6-4-10-18(21)2/h4-15H,16H2,1-3H3. The van der Waals surface area contributed by atoms with Crippen molar-refractivity contribution in [1.29, 1.82) is 0 Å². The highest BCUT2D eigenvalue weighted by Gasteiger charge is 2.17. The van der Waals surface area contributed by atoms with Crippen LogP contribution in [0, 0.1) is 20.8 Å². The third-order valence-electron chi connectivity index (χ3n) is 4.88. The second kappa shape index (κ2) is 8.03. The van der Waals surface area contributed by atoms with Crippen LogP contribution in [0.4, 0.5) is 0 Å². The molecule has 1 aromatic heterocycles. The van der Waals surface area contributed by atoms with Gasteiger partial charge in [-0.2, -0.15) is 0 Å². The van der Waals surface area contributed by atoms with E-state index in [2.05, 4.69) is 108 Å². The Morgan fingerprint density at radius 1 is 0.786 bits per heavy atom. The van der Waals surface area contributed by atoms with Crippen molar-refractivity contribution in [2.45, 2.75) is 31.7 Å². The van der Waals surface area contributed by atoms with Crippen LogP contribution in [0.1, 0.15) is 22.3 Å². The highest BCUT2D eigenvalue weighted by atomic mass is 32.2. The van der Waals surface area contributed by atoms with E-state index in [4.69, 9.17) is 0 Å². The summed E-state index contributed by atoms with van der Waals surface area (Å²) in [6.45, 7) is 6.39. The van der Waals surface area contributed by atoms with E-state index < -0.39 is 0 Å². The van der Waals surface area contributed by atoms with Crippen LogP contribution in [0.3, 0.4) is 0 Å². The maximum atomic E-state index is 4.57. The van der Waals surface area contributed by atoms with Crippen molar-refractivity contribution in [3.63, 3.8) is 0 Å². The van der Waals surface area contributed by atoms with E-state index in [9.17, 15) is 0 Å². The molecule has 0 unspecified atom stereocenters. The van der Waals surface area contributed by atoms with Crippen molar-refractivity contribution >= 4 is 11.8 Å². The molecule has 0 bridgehead atoms. The number of aryl methyl sites for hydroxylation is 3. The average molecular weight is 386 g/mol. The van der Waals surface area contributed by atoms with Crippen molar-refractivity contribution < 1.29 is 0 Å². The van der Waals surface area contributed by atoms with Crippen LogP contribution in [-0.4, -0.2) is 14.8 Å². The summed E-state index contributed by atoms with van der Waals surface area (Å²) in [5, 5.41) is 10.0. The van der Waals surface area contributed by atoms with Gasteiger partial charge in [-0.15, -0.1) is 10.2 Å². The number of nitrogens with zero attached hydrogens (tertiary/aromatic N) is 3. The normalized spacial score (nSPS) is 11.0. The Labute approximate surface area is 170 Å². The Morgan fingerprint density at radius 3 is 2.29 bits per heavy atom. The summed E-state index contributed by atoms with van der Waals surface area (Å²) >= 11 is 1.73. The van der Waals surface area contributed by atoms with Crippen LogP contribution in [0.15, 0.2) is 78.0 Å². The molecule has 0 spiro atoms. The molecular weight excluding hydrogens is 362 g/mol. The fraction of sp³-hybridized carbons (Fsp3) is 0.167. The average Bonchev–Trinajstić information content (AvgIpc) is 3.11. The molecule has 0 aliphatic rings. The van der Waals surface area contributed by atoms with E-state index in [-0.39, 0.29) is 0 Å². The molecule has 0 aliphatic heterocycles. The van der Waals surface area contributed by atoms with Gasteiger partial charge in [0.2, 0.25) is 0 Å². The molecule has 1 heterocycles. The minimum atomic E-state index is 0.866. The minimum Gasteiger partial charge on any atom is -0.270 e. The fourth-order valence-corrected chi connectivity index (χ4v) is 4.30. The number of hydrogen-bond donors (Lipinski definition) is 0. The van der Waals surface area contributed by atoms with Crippen molar-refractivity contribution in [2.75, 3.05) is 0 Å². The zero-order valence-electron chi connectivity index (χ0n) is 16.4. The lowest BCUT2D eigenvalue weighted by Gasteiger charge is -2.13. The maximum Gasteiger partial charge on any atom is 0.196 e. The first kappa shape index (κ1) is 18.5. The van der Waals surface area contributed by atoms with Gasteiger partial charge in [0.15, 0.2) is 11.0 Å². The number of benzene rings is 3. The number of thioether (sulfide) groups is 1. The largest absolute Gasteiger partial charge is 0.270 e. The van der Waals surface area contributed by atoms with E-state index in [0.717, 1.165) is 28.0 Å². The predicted octanol–water partition coefficient (Wildman–Crippen LogP) is 6.15. The van der Waals surface area contributed by atoms with Crippen LogP contribution < -0.4 is 0 Å². The topological polar surface area (TPSA) is 30.7 Å². The minimum absolute atomic E-state index is 0.866. The molecule has 0 radical (unpaired) electrons. The number of para-hydroxylation sites is 1. The van der Waals surface area contributed by atoms with E-state index in [1.807, 2.05) is 0 Å². The van der Waals surface area contributed by atoms with Gasteiger partial charge in [0.25, 0.3) is 0 Å². The van der Waals surface area contributed by atoms with Gasteiger partial charge in [-0.3, -0.25) is 4.57 Å². The lowest BCUT2D eigenvalue weighted by Crippen LogP contribution is -2.02. The maximum absolute atomic E-state index is 4.57. The molecule has 4 rings (SSSR count). The predicted molar refractivity (Wildman–Crippen MR) is 117 cm³/mol. The summed E-state index contributed by atoms with van der Waals surface area (Å²) < 4.78 is 2.19. The monoisotopic (exact) mass is 385 g/mol. The first-order chi connectivity index (χ1) is 13.6. The van der Waals surface area contributed by atoms with Crippen LogP contribution >= 0.6 is 11.8 Å². The van der Waals surface area contributed by atoms with Crippen LogP contribution in [0.5, 0.6) is 0 Å². The number of hydrogen-bond acceptors (Lipinski definition) is 3. The first-order valence-corrected chi connectivity index (χ1v) is 10.4. The van der Waals surface area contributed by atoms with Gasteiger partial charge < -0.3 is 0 Å². The van der Waals surface area contributed by atoms with E-state index >= 15 is 0 Å². The summed E-state index contributed by atoms with van der Waals surface area (Å²) in [5.41, 5.74) is 7.24. The lowest BCUT2D eigenvalue weighted by atomic mass is 10.1. The molecule has 0 saturated heterocycles. The highest BCUT2D eigenvalue weighted by Crippen LogP contribution is 2.31. The first-order valence-electron chi connectivity index (χ1n) is 9.39. The number of aromatic nitrogens is 3. The molecule has 28 heavy (non-hydrogen) atoms. The van der Waals surface area contributed by atoms with Crippen molar-refractivity contribution in [3.05, 3.63) is 95.1 Å². The Hall–Kier alpha value is -2.85. The van der Waals surface area contributed by atoms with E-state index in [0.29, 0.717) is 0 Å². The molecular formula is C24H23N3S. The molecule has 3 nitrogen and oxygen atoms in total. The van der Waals surface area contributed by atoms with Crippen LogP contribution in [0.25, 0.3) is 17.1 Å². The summed E-state index contributed by atoms with van der Waals surface area (Å²) in [6, 6.07) is 25.3. The second-order valence-corrected chi connectivity index (χ2v) is 7.96. The van der Waals surface area contributed by atoms with Gasteiger partial charge in [-0.25, -0.2) is 0 Å². The van der Waals surface area contributed by atoms with Gasteiger partial charge in [0.1, 0.15) is 0 Å². The SMILES string of the molecule is Cc1cccc(-c2nnc(SCc3ccccc3C)n2-c2ccccc2C)c1. The Balaban J connectivity index is 1.79. The van der Waals surface area contributed by atoms with Gasteiger partial charge in [-0.1, -0.05) is 78.0 Å². The van der Waals surface area contributed by atoms with Gasteiger partial charge in [0.05, 0.1) is 5.69 Å². The Bertz CT molecular complexity index is 1110. The third-order valence-corrected chi connectivity index (χ3v) is 5.86. The van der Waals surface area contributed by atoms with Crippen LogP contribution in [0.2, 0.25) is 0 Å². The zero-order chi connectivity index (χ0) is 19.5. The van der Waals surface area contributed by atoms with Crippen molar-refractivity contribution in [1.82, 2.24) is 14.8 Å². The fourth-order valence-electron chi connectivity index (χ4n) is 3.28. The molecule has 0 atom stereocenters. The molecule has 0 aliphatic carbocycles. The Kier molecular flexibility index (Phi) is 5.31. The quantitative estimate of drug-likeness (QED) is 0.386. The highest BCUT2D eigenvalue weighted by molar-refractivity contribution is 7.98. The molecule has 4 heteroatoms. The molecule has 3 aromatic carbocycles. The van der Waals surface area contributed by atoms with E-state index in [1.165, 1.54) is 22.3 Å². The van der Waals surface area contributed by atoms with Crippen molar-refractivity contribution in [3.8, 4) is 17.1 Å². The summed E-state index contributed by atoms with van der Waals surface area (Å²) in [7, 11) is 0. The molecule has 0 fully saturated rings. The number of rotatable bonds is 5. The summed E-state index contributed by atoms with van der Waals surface area (Å²) in [5.74, 6) is 1.75. The lowest BCUT2D eigenvalue weighted by molar-refractivity contribution is 0.880. The molecule has 0 saturated carbocycles. The summed E-state index contributed by atoms with van der Waals surface area (Å²) in [6.07, 6.45) is 0. The Morgan fingerprint density at radius 2 is 1.54 bits per heavy atom. The third kappa shape index (κ3) is 3.73. The van der Waals surface area contributed by atoms with Crippen LogP contribution in [-0.2, 0) is 5.75 Å². The summed E-state index contributed by atoms with van der Waals surface area (Å²) in [4.78, 5) is 0. The molecule has 0 N–H and O–H groups in total. The molecule has 0 amide bonds. The smallest absolute Gasteiger partial charge is 0.196 e. The van der Waals surface area contributed by atoms with Gasteiger partial charge in [-0.05, 0) is 49.6 Å². The van der Waals surface area contributed by atoms with Crippen molar-refractivity contribution in [2.24, 2.45) is 0 Å². The van der Waals surface area contributed by atoms with Gasteiger partial charge >= 0.3 is 0 Å². The zero-order valence-corrected chi connectivity index (χ0v) is 17.2. The molecule has 140 valence electrons.